The van der Waals surface area contributed by atoms with Gasteiger partial charge in [-0.1, -0.05) is 12.1 Å². The fraction of sp³-hybridized carbons (Fsp3) is 0.143. The van der Waals surface area contributed by atoms with Gasteiger partial charge in [0.15, 0.2) is 0 Å². The van der Waals surface area contributed by atoms with E-state index in [0.717, 1.165) is 0 Å². The summed E-state index contributed by atoms with van der Waals surface area (Å²) in [7, 11) is 0. The summed E-state index contributed by atoms with van der Waals surface area (Å²) in [5, 5.41) is 3.33. The SMILES string of the molecule is O=C(NCCn1cnc2ccccc2c1=O)c1cncs1. The smallest absolute Gasteiger partial charge is 0.263 e. The molecule has 0 unspecified atom stereocenters. The monoisotopic (exact) mass is 300 g/mol. The van der Waals surface area contributed by atoms with Crippen molar-refractivity contribution in [2.75, 3.05) is 6.54 Å². The van der Waals surface area contributed by atoms with Crippen molar-refractivity contribution in [2.24, 2.45) is 0 Å². The van der Waals surface area contributed by atoms with Gasteiger partial charge in [-0.05, 0) is 12.1 Å². The van der Waals surface area contributed by atoms with Crippen LogP contribution in [0.1, 0.15) is 9.67 Å². The molecule has 1 aromatic carbocycles. The molecule has 0 saturated carbocycles. The summed E-state index contributed by atoms with van der Waals surface area (Å²) >= 11 is 1.28. The number of rotatable bonds is 4. The molecule has 0 atom stereocenters. The zero-order valence-corrected chi connectivity index (χ0v) is 11.8. The quantitative estimate of drug-likeness (QED) is 0.787. The van der Waals surface area contributed by atoms with Crippen molar-refractivity contribution in [1.82, 2.24) is 19.9 Å². The molecule has 0 aliphatic rings. The summed E-state index contributed by atoms with van der Waals surface area (Å²) in [6.07, 6.45) is 3.02. The van der Waals surface area contributed by atoms with Crippen LogP contribution in [0.25, 0.3) is 10.9 Å². The predicted octanol–water partition coefficient (Wildman–Crippen LogP) is 1.28. The van der Waals surface area contributed by atoms with Crippen molar-refractivity contribution in [1.29, 1.82) is 0 Å². The molecule has 3 aromatic rings. The largest absolute Gasteiger partial charge is 0.349 e. The molecule has 6 nitrogen and oxygen atoms in total. The maximum absolute atomic E-state index is 12.2. The fourth-order valence-electron chi connectivity index (χ4n) is 1.97. The first-order valence-corrected chi connectivity index (χ1v) is 7.24. The van der Waals surface area contributed by atoms with Crippen molar-refractivity contribution < 1.29 is 4.79 Å². The van der Waals surface area contributed by atoms with E-state index in [9.17, 15) is 9.59 Å². The Labute approximate surface area is 124 Å². The molecule has 7 heteroatoms. The highest BCUT2D eigenvalue weighted by molar-refractivity contribution is 7.11. The Morgan fingerprint density at radius 3 is 3.00 bits per heavy atom. The first-order valence-electron chi connectivity index (χ1n) is 6.36. The standard InChI is InChI=1S/C14H12N4O2S/c19-13(12-7-15-9-21-12)16-5-6-18-8-17-11-4-2-1-3-10(11)14(18)20/h1-4,7-9H,5-6H2,(H,16,19). The zero-order valence-electron chi connectivity index (χ0n) is 11.0. The number of hydrogen-bond acceptors (Lipinski definition) is 5. The number of carbonyl (C=O) groups excluding carboxylic acids is 1. The Kier molecular flexibility index (Phi) is 3.74. The zero-order chi connectivity index (χ0) is 14.7. The molecule has 2 aromatic heterocycles. The lowest BCUT2D eigenvalue weighted by atomic mass is 10.2. The number of hydrogen-bond donors (Lipinski definition) is 1. The minimum atomic E-state index is -0.181. The molecule has 0 radical (unpaired) electrons. The van der Waals surface area contributed by atoms with Crippen LogP contribution in [0, 0.1) is 0 Å². The molecule has 21 heavy (non-hydrogen) atoms. The normalized spacial score (nSPS) is 10.7. The van der Waals surface area contributed by atoms with Crippen LogP contribution in [-0.2, 0) is 6.54 Å². The average molecular weight is 300 g/mol. The Morgan fingerprint density at radius 1 is 1.33 bits per heavy atom. The van der Waals surface area contributed by atoms with E-state index in [-0.39, 0.29) is 11.5 Å². The molecule has 2 heterocycles. The summed E-state index contributed by atoms with van der Waals surface area (Å²) in [6.45, 7) is 0.734. The van der Waals surface area contributed by atoms with Crippen molar-refractivity contribution >= 4 is 28.1 Å². The van der Waals surface area contributed by atoms with Gasteiger partial charge in [-0.25, -0.2) is 4.98 Å². The minimum absolute atomic E-state index is 0.104. The second-order valence-corrected chi connectivity index (χ2v) is 5.27. The number of carbonyl (C=O) groups is 1. The highest BCUT2D eigenvalue weighted by Gasteiger charge is 2.07. The van der Waals surface area contributed by atoms with E-state index in [1.54, 1.807) is 23.7 Å². The molecular weight excluding hydrogens is 288 g/mol. The highest BCUT2D eigenvalue weighted by Crippen LogP contribution is 2.05. The molecule has 0 aliphatic heterocycles. The van der Waals surface area contributed by atoms with E-state index in [4.69, 9.17) is 0 Å². The molecule has 1 N–H and O–H groups in total. The van der Waals surface area contributed by atoms with Gasteiger partial charge in [0.25, 0.3) is 11.5 Å². The third kappa shape index (κ3) is 2.82. The van der Waals surface area contributed by atoms with Gasteiger partial charge < -0.3 is 5.32 Å². The van der Waals surface area contributed by atoms with Crippen molar-refractivity contribution in [3.05, 3.63) is 57.5 Å². The van der Waals surface area contributed by atoms with Crippen molar-refractivity contribution in [3.8, 4) is 0 Å². The van der Waals surface area contributed by atoms with Gasteiger partial charge in [0.05, 0.1) is 28.9 Å². The summed E-state index contributed by atoms with van der Waals surface area (Å²) in [6, 6.07) is 7.19. The summed E-state index contributed by atoms with van der Waals surface area (Å²) in [5.74, 6) is -0.181. The summed E-state index contributed by atoms with van der Waals surface area (Å²) < 4.78 is 1.50. The van der Waals surface area contributed by atoms with E-state index in [2.05, 4.69) is 15.3 Å². The molecule has 0 aliphatic carbocycles. The number of para-hydroxylation sites is 1. The van der Waals surface area contributed by atoms with E-state index in [1.807, 2.05) is 6.07 Å². The Morgan fingerprint density at radius 2 is 2.19 bits per heavy atom. The fourth-order valence-corrected chi connectivity index (χ4v) is 2.51. The maximum atomic E-state index is 12.2. The highest BCUT2D eigenvalue weighted by atomic mass is 32.1. The van der Waals surface area contributed by atoms with Crippen molar-refractivity contribution in [2.45, 2.75) is 6.54 Å². The number of nitrogens with one attached hydrogen (secondary N) is 1. The van der Waals surface area contributed by atoms with Gasteiger partial charge in [-0.2, -0.15) is 0 Å². The van der Waals surface area contributed by atoms with Gasteiger partial charge in [0.1, 0.15) is 4.88 Å². The van der Waals surface area contributed by atoms with Crippen LogP contribution in [-0.4, -0.2) is 27.0 Å². The molecule has 0 spiro atoms. The molecule has 0 fully saturated rings. The maximum Gasteiger partial charge on any atom is 0.263 e. The van der Waals surface area contributed by atoms with Crippen LogP contribution in [0.4, 0.5) is 0 Å². The summed E-state index contributed by atoms with van der Waals surface area (Å²) in [5.41, 5.74) is 2.17. The molecule has 3 rings (SSSR count). The second-order valence-electron chi connectivity index (χ2n) is 4.38. The minimum Gasteiger partial charge on any atom is -0.349 e. The molecular formula is C14H12N4O2S. The Bertz CT molecular complexity index is 826. The van der Waals surface area contributed by atoms with E-state index in [1.165, 1.54) is 28.4 Å². The Balaban J connectivity index is 1.70. The Hall–Kier alpha value is -2.54. The number of amides is 1. The van der Waals surface area contributed by atoms with Gasteiger partial charge in [-0.15, -0.1) is 11.3 Å². The van der Waals surface area contributed by atoms with Crippen LogP contribution in [0.15, 0.2) is 47.1 Å². The number of benzene rings is 1. The van der Waals surface area contributed by atoms with Crippen molar-refractivity contribution in [3.63, 3.8) is 0 Å². The number of thiazole rings is 1. The van der Waals surface area contributed by atoms with Crippen LogP contribution in [0.5, 0.6) is 0 Å². The average Bonchev–Trinajstić information content (AvgIpc) is 3.04. The first kappa shape index (κ1) is 13.4. The van der Waals surface area contributed by atoms with E-state index < -0.39 is 0 Å². The lowest BCUT2D eigenvalue weighted by Gasteiger charge is -2.07. The van der Waals surface area contributed by atoms with E-state index in [0.29, 0.717) is 28.9 Å². The lowest BCUT2D eigenvalue weighted by molar-refractivity contribution is 0.0956. The molecule has 1 amide bonds. The summed E-state index contributed by atoms with van der Waals surface area (Å²) in [4.78, 5) is 32.6. The van der Waals surface area contributed by atoms with Crippen LogP contribution in [0.2, 0.25) is 0 Å². The topological polar surface area (TPSA) is 76.9 Å². The molecule has 106 valence electrons. The van der Waals surface area contributed by atoms with Gasteiger partial charge >= 0.3 is 0 Å². The van der Waals surface area contributed by atoms with Crippen LogP contribution in [0.3, 0.4) is 0 Å². The second kappa shape index (κ2) is 5.84. The number of aromatic nitrogens is 3. The van der Waals surface area contributed by atoms with Gasteiger partial charge in [0.2, 0.25) is 0 Å². The third-order valence-corrected chi connectivity index (χ3v) is 3.80. The molecule has 0 saturated heterocycles. The molecule has 0 bridgehead atoms. The lowest BCUT2D eigenvalue weighted by Crippen LogP contribution is -2.30. The van der Waals surface area contributed by atoms with Gasteiger partial charge in [0, 0.05) is 13.1 Å². The number of nitrogens with zero attached hydrogens (tertiary/aromatic N) is 3. The van der Waals surface area contributed by atoms with Crippen LogP contribution < -0.4 is 10.9 Å². The van der Waals surface area contributed by atoms with Gasteiger partial charge in [-0.3, -0.25) is 19.1 Å². The number of fused-ring (bicyclic) bond motifs is 1. The van der Waals surface area contributed by atoms with E-state index >= 15 is 0 Å². The third-order valence-electron chi connectivity index (χ3n) is 3.03. The van der Waals surface area contributed by atoms with Crippen LogP contribution >= 0.6 is 11.3 Å². The predicted molar refractivity (Wildman–Crippen MR) is 80.5 cm³/mol. The first-order chi connectivity index (χ1) is 10.3.